The van der Waals surface area contributed by atoms with Crippen LogP contribution in [-0.4, -0.2) is 27.2 Å². The fraction of sp³-hybridized carbons (Fsp3) is 0.0952. The zero-order chi connectivity index (χ0) is 19.3. The lowest BCUT2D eigenvalue weighted by atomic mass is 10.1. The van der Waals surface area contributed by atoms with Crippen LogP contribution in [0.4, 0.5) is 4.39 Å². The maximum absolute atomic E-state index is 12.9. The average molecular weight is 376 g/mol. The zero-order valence-corrected chi connectivity index (χ0v) is 14.9. The molecule has 4 rings (SSSR count). The third kappa shape index (κ3) is 3.98. The Bertz CT molecular complexity index is 1050. The minimum atomic E-state index is -0.440. The molecule has 0 unspecified atom stereocenters. The standard InChI is InChI=1S/C21H17FN4O2/c22-17-7-3-15(4-8-17)11-12-23-20(27)21-24-19(25-28-21)16-5-9-18(10-6-16)26-13-1-2-14-26/h1-10,13-14H,11-12H2,(H,23,27). The van der Waals surface area contributed by atoms with E-state index in [0.29, 0.717) is 18.8 Å². The van der Waals surface area contributed by atoms with Crippen LogP contribution in [0.5, 0.6) is 0 Å². The van der Waals surface area contributed by atoms with E-state index < -0.39 is 5.91 Å². The second-order valence-corrected chi connectivity index (χ2v) is 6.19. The maximum Gasteiger partial charge on any atom is 0.316 e. The van der Waals surface area contributed by atoms with E-state index in [1.807, 2.05) is 53.4 Å². The van der Waals surface area contributed by atoms with Gasteiger partial charge in [-0.15, -0.1) is 0 Å². The highest BCUT2D eigenvalue weighted by atomic mass is 19.1. The first-order chi connectivity index (χ1) is 13.7. The molecule has 2 aromatic heterocycles. The number of nitrogens with zero attached hydrogens (tertiary/aromatic N) is 3. The van der Waals surface area contributed by atoms with Gasteiger partial charge < -0.3 is 14.4 Å². The summed E-state index contributed by atoms with van der Waals surface area (Å²) in [6.07, 6.45) is 4.49. The van der Waals surface area contributed by atoms with E-state index >= 15 is 0 Å². The van der Waals surface area contributed by atoms with Crippen LogP contribution in [0.3, 0.4) is 0 Å². The molecule has 0 saturated heterocycles. The number of hydrogen-bond acceptors (Lipinski definition) is 4. The van der Waals surface area contributed by atoms with Gasteiger partial charge >= 0.3 is 11.8 Å². The number of amides is 1. The summed E-state index contributed by atoms with van der Waals surface area (Å²) in [4.78, 5) is 16.3. The van der Waals surface area contributed by atoms with Crippen LogP contribution in [0.25, 0.3) is 17.1 Å². The molecule has 0 bridgehead atoms. The molecular formula is C21H17FN4O2. The quantitative estimate of drug-likeness (QED) is 0.558. The van der Waals surface area contributed by atoms with Crippen LogP contribution in [-0.2, 0) is 6.42 Å². The number of hydrogen-bond donors (Lipinski definition) is 1. The molecule has 0 fully saturated rings. The summed E-state index contributed by atoms with van der Waals surface area (Å²) in [5, 5.41) is 6.60. The van der Waals surface area contributed by atoms with Gasteiger partial charge in [0.05, 0.1) is 0 Å². The fourth-order valence-corrected chi connectivity index (χ4v) is 2.77. The molecule has 0 saturated carbocycles. The van der Waals surface area contributed by atoms with Gasteiger partial charge in [0.2, 0.25) is 5.82 Å². The lowest BCUT2D eigenvalue weighted by molar-refractivity contribution is 0.0910. The number of nitrogens with one attached hydrogen (secondary N) is 1. The SMILES string of the molecule is O=C(NCCc1ccc(F)cc1)c1nc(-c2ccc(-n3cccc3)cc2)no1. The fourth-order valence-electron chi connectivity index (χ4n) is 2.77. The third-order valence-electron chi connectivity index (χ3n) is 4.26. The predicted octanol–water partition coefficient (Wildman–Crippen LogP) is 3.64. The Morgan fingerprint density at radius 2 is 1.75 bits per heavy atom. The van der Waals surface area contributed by atoms with Crippen molar-refractivity contribution >= 4 is 5.91 Å². The van der Waals surface area contributed by atoms with Gasteiger partial charge in [-0.1, -0.05) is 17.3 Å². The Balaban J connectivity index is 1.36. The Hall–Kier alpha value is -3.74. The Labute approximate surface area is 160 Å². The molecule has 0 radical (unpaired) electrons. The second-order valence-electron chi connectivity index (χ2n) is 6.19. The largest absolute Gasteiger partial charge is 0.347 e. The second kappa shape index (κ2) is 7.87. The van der Waals surface area contributed by atoms with Crippen molar-refractivity contribution in [2.45, 2.75) is 6.42 Å². The van der Waals surface area contributed by atoms with Gasteiger partial charge in [-0.05, 0) is 60.5 Å². The highest BCUT2D eigenvalue weighted by Gasteiger charge is 2.15. The molecule has 4 aromatic rings. The molecule has 6 nitrogen and oxygen atoms in total. The van der Waals surface area contributed by atoms with Gasteiger partial charge in [0.15, 0.2) is 0 Å². The first-order valence-electron chi connectivity index (χ1n) is 8.79. The van der Waals surface area contributed by atoms with E-state index in [2.05, 4.69) is 15.5 Å². The van der Waals surface area contributed by atoms with E-state index in [0.717, 1.165) is 16.8 Å². The van der Waals surface area contributed by atoms with Crippen molar-refractivity contribution in [2.75, 3.05) is 6.54 Å². The van der Waals surface area contributed by atoms with Gasteiger partial charge in [0.1, 0.15) is 5.82 Å². The van der Waals surface area contributed by atoms with Gasteiger partial charge in [0, 0.05) is 30.2 Å². The number of rotatable bonds is 6. The zero-order valence-electron chi connectivity index (χ0n) is 14.9. The summed E-state index contributed by atoms with van der Waals surface area (Å²) in [5.74, 6) is -0.469. The molecule has 28 heavy (non-hydrogen) atoms. The van der Waals surface area contributed by atoms with Crippen LogP contribution in [0.2, 0.25) is 0 Å². The Morgan fingerprint density at radius 1 is 1.04 bits per heavy atom. The molecule has 0 atom stereocenters. The molecule has 0 aliphatic carbocycles. The number of aromatic nitrogens is 3. The molecular weight excluding hydrogens is 359 g/mol. The molecule has 2 heterocycles. The minimum absolute atomic E-state index is 0.0939. The normalized spacial score (nSPS) is 10.8. The topological polar surface area (TPSA) is 73.0 Å². The Morgan fingerprint density at radius 3 is 2.46 bits per heavy atom. The van der Waals surface area contributed by atoms with Crippen LogP contribution >= 0.6 is 0 Å². The van der Waals surface area contributed by atoms with Crippen molar-refractivity contribution in [1.82, 2.24) is 20.0 Å². The van der Waals surface area contributed by atoms with Crippen LogP contribution < -0.4 is 5.32 Å². The van der Waals surface area contributed by atoms with Gasteiger partial charge in [0.25, 0.3) is 0 Å². The molecule has 0 aliphatic heterocycles. The van der Waals surface area contributed by atoms with Gasteiger partial charge in [-0.2, -0.15) is 4.98 Å². The number of benzene rings is 2. The summed E-state index contributed by atoms with van der Waals surface area (Å²) >= 11 is 0. The lowest BCUT2D eigenvalue weighted by Gasteiger charge is -2.03. The van der Waals surface area contributed by atoms with Crippen LogP contribution in [0, 0.1) is 5.82 Å². The van der Waals surface area contributed by atoms with Crippen molar-refractivity contribution in [3.63, 3.8) is 0 Å². The van der Waals surface area contributed by atoms with E-state index in [1.54, 1.807) is 12.1 Å². The molecule has 1 N–H and O–H groups in total. The molecule has 0 spiro atoms. The van der Waals surface area contributed by atoms with E-state index in [9.17, 15) is 9.18 Å². The minimum Gasteiger partial charge on any atom is -0.347 e. The number of carbonyl (C=O) groups is 1. The first kappa shape index (κ1) is 17.7. The van der Waals surface area contributed by atoms with Crippen LogP contribution in [0.1, 0.15) is 16.2 Å². The van der Waals surface area contributed by atoms with Crippen molar-refractivity contribution < 1.29 is 13.7 Å². The summed E-state index contributed by atoms with van der Waals surface area (Å²) < 4.78 is 20.0. The molecule has 2 aromatic carbocycles. The van der Waals surface area contributed by atoms with Gasteiger partial charge in [-0.25, -0.2) is 4.39 Å². The summed E-state index contributed by atoms with van der Waals surface area (Å²) in [6, 6.07) is 17.7. The summed E-state index contributed by atoms with van der Waals surface area (Å²) in [5.41, 5.74) is 2.69. The highest BCUT2D eigenvalue weighted by Crippen LogP contribution is 2.18. The van der Waals surface area contributed by atoms with Crippen molar-refractivity contribution in [1.29, 1.82) is 0 Å². The van der Waals surface area contributed by atoms with Crippen molar-refractivity contribution in [3.8, 4) is 17.1 Å². The summed E-state index contributed by atoms with van der Waals surface area (Å²) in [6.45, 7) is 0.383. The molecule has 1 amide bonds. The maximum atomic E-state index is 12.9. The van der Waals surface area contributed by atoms with Crippen LogP contribution in [0.15, 0.2) is 77.6 Å². The van der Waals surface area contributed by atoms with Gasteiger partial charge in [-0.3, -0.25) is 4.79 Å². The smallest absolute Gasteiger partial charge is 0.316 e. The van der Waals surface area contributed by atoms with Crippen molar-refractivity contribution in [3.05, 3.63) is 90.3 Å². The van der Waals surface area contributed by atoms with Crippen molar-refractivity contribution in [2.24, 2.45) is 0 Å². The highest BCUT2D eigenvalue weighted by molar-refractivity contribution is 5.89. The van der Waals surface area contributed by atoms with E-state index in [1.165, 1.54) is 12.1 Å². The monoisotopic (exact) mass is 376 g/mol. The Kier molecular flexibility index (Phi) is 4.97. The molecule has 7 heteroatoms. The van der Waals surface area contributed by atoms with E-state index in [4.69, 9.17) is 4.52 Å². The number of halogens is 1. The lowest BCUT2D eigenvalue weighted by Crippen LogP contribution is -2.26. The first-order valence-corrected chi connectivity index (χ1v) is 8.79. The number of carbonyl (C=O) groups excluding carboxylic acids is 1. The predicted molar refractivity (Wildman–Crippen MR) is 101 cm³/mol. The molecule has 140 valence electrons. The average Bonchev–Trinajstić information content (AvgIpc) is 3.42. The summed E-state index contributed by atoms with van der Waals surface area (Å²) in [7, 11) is 0. The third-order valence-corrected chi connectivity index (χ3v) is 4.26. The molecule has 0 aliphatic rings. The van der Waals surface area contributed by atoms with E-state index in [-0.39, 0.29) is 11.7 Å².